The Kier molecular flexibility index (Phi) is 4.36. The van der Waals surface area contributed by atoms with Crippen molar-refractivity contribution >= 4 is 49.5 Å². The summed E-state index contributed by atoms with van der Waals surface area (Å²) in [5.41, 5.74) is 0.900. The monoisotopic (exact) mass is 333 g/mol. The van der Waals surface area contributed by atoms with Crippen LogP contribution in [0.5, 0.6) is 5.88 Å². The number of hydrogen-bond donors (Lipinski definition) is 3. The summed E-state index contributed by atoms with van der Waals surface area (Å²) in [7, 11) is -3.34. The number of rotatable bonds is 5. The van der Waals surface area contributed by atoms with Crippen LogP contribution in [0.3, 0.4) is 0 Å². The summed E-state index contributed by atoms with van der Waals surface area (Å²) in [6, 6.07) is 4.71. The lowest BCUT2D eigenvalue weighted by molar-refractivity contribution is 0.458. The number of hydrogen-bond acceptors (Lipinski definition) is 6. The van der Waals surface area contributed by atoms with Crippen molar-refractivity contribution in [1.29, 1.82) is 0 Å². The Morgan fingerprint density at radius 2 is 2.20 bits per heavy atom. The van der Waals surface area contributed by atoms with E-state index in [1.807, 2.05) is 0 Å². The summed E-state index contributed by atoms with van der Waals surface area (Å²) in [5.74, 6) is -0.102. The Balaban J connectivity index is 2.25. The average Bonchev–Trinajstić information content (AvgIpc) is 2.79. The van der Waals surface area contributed by atoms with Gasteiger partial charge in [-0.05, 0) is 25.1 Å². The van der Waals surface area contributed by atoms with Crippen LogP contribution >= 0.6 is 22.9 Å². The summed E-state index contributed by atoms with van der Waals surface area (Å²) in [5, 5.41) is 14.4. The molecule has 20 heavy (non-hydrogen) atoms. The van der Waals surface area contributed by atoms with Crippen LogP contribution in [-0.4, -0.2) is 24.3 Å². The van der Waals surface area contributed by atoms with Crippen molar-refractivity contribution in [3.8, 4) is 5.88 Å². The lowest BCUT2D eigenvalue weighted by Crippen LogP contribution is -2.14. The first-order valence-corrected chi connectivity index (χ1v) is 8.52. The molecular weight excluding hydrogens is 322 g/mol. The summed E-state index contributed by atoms with van der Waals surface area (Å²) in [6.07, 6.45) is 0. The minimum Gasteiger partial charge on any atom is -0.493 e. The maximum atomic E-state index is 11.5. The molecule has 0 aliphatic heterocycles. The molecule has 108 valence electrons. The first kappa shape index (κ1) is 14.9. The van der Waals surface area contributed by atoms with Crippen molar-refractivity contribution < 1.29 is 13.5 Å². The first-order chi connectivity index (χ1) is 9.39. The van der Waals surface area contributed by atoms with E-state index in [0.717, 1.165) is 0 Å². The maximum absolute atomic E-state index is 11.5. The number of nitrogens with zero attached hydrogens (tertiary/aromatic N) is 1. The molecule has 0 radical (unpaired) electrons. The van der Waals surface area contributed by atoms with Crippen molar-refractivity contribution in [2.24, 2.45) is 0 Å². The van der Waals surface area contributed by atoms with E-state index < -0.39 is 10.0 Å². The summed E-state index contributed by atoms with van der Waals surface area (Å²) < 4.78 is 25.5. The molecule has 0 saturated heterocycles. The van der Waals surface area contributed by atoms with Crippen LogP contribution in [0, 0.1) is 0 Å². The molecule has 0 unspecified atom stereocenters. The Labute approximate surface area is 125 Å². The number of aromatic nitrogens is 1. The third-order valence-electron chi connectivity index (χ3n) is 2.35. The van der Waals surface area contributed by atoms with Crippen LogP contribution in [0.1, 0.15) is 6.92 Å². The molecule has 0 fully saturated rings. The van der Waals surface area contributed by atoms with Crippen LogP contribution in [0.2, 0.25) is 5.02 Å². The standard InChI is InChI=1S/C11H12ClN3O3S2/c1-2-20(17,18)15-7-3-4-8(12)9(5-7)13-11-14-10(16)6-19-11/h3-6,15-16H,2H2,1H3,(H,13,14). The minimum atomic E-state index is -3.34. The van der Waals surface area contributed by atoms with Gasteiger partial charge in [-0.1, -0.05) is 11.6 Å². The normalized spacial score (nSPS) is 11.3. The first-order valence-electron chi connectivity index (χ1n) is 5.61. The molecule has 1 aromatic carbocycles. The zero-order chi connectivity index (χ0) is 14.8. The molecule has 2 rings (SSSR count). The minimum absolute atomic E-state index is 0.0151. The number of thiazole rings is 1. The predicted molar refractivity (Wildman–Crippen MR) is 81.6 cm³/mol. The van der Waals surface area contributed by atoms with Crippen molar-refractivity contribution in [2.45, 2.75) is 6.92 Å². The van der Waals surface area contributed by atoms with Crippen LogP contribution in [0.15, 0.2) is 23.6 Å². The molecule has 0 spiro atoms. The highest BCUT2D eigenvalue weighted by molar-refractivity contribution is 7.92. The van der Waals surface area contributed by atoms with Crippen molar-refractivity contribution in [3.05, 3.63) is 28.6 Å². The third kappa shape index (κ3) is 3.75. The van der Waals surface area contributed by atoms with E-state index in [1.54, 1.807) is 25.1 Å². The fraction of sp³-hybridized carbons (Fsp3) is 0.182. The van der Waals surface area contributed by atoms with E-state index in [9.17, 15) is 13.5 Å². The van der Waals surface area contributed by atoms with Crippen molar-refractivity contribution in [2.75, 3.05) is 15.8 Å². The lowest BCUT2D eigenvalue weighted by Gasteiger charge is -2.10. The number of halogens is 1. The Bertz CT molecular complexity index is 715. The highest BCUT2D eigenvalue weighted by Gasteiger charge is 2.10. The van der Waals surface area contributed by atoms with Gasteiger partial charge in [0.05, 0.1) is 27.5 Å². The summed E-state index contributed by atoms with van der Waals surface area (Å²) >= 11 is 7.24. The van der Waals surface area contributed by atoms with Crippen molar-refractivity contribution in [1.82, 2.24) is 4.98 Å². The number of anilines is 3. The lowest BCUT2D eigenvalue weighted by atomic mass is 10.3. The van der Waals surface area contributed by atoms with Gasteiger partial charge in [-0.3, -0.25) is 4.72 Å². The number of benzene rings is 1. The van der Waals surface area contributed by atoms with Crippen LogP contribution in [-0.2, 0) is 10.0 Å². The average molecular weight is 334 g/mol. The van der Waals surface area contributed by atoms with Gasteiger partial charge in [0.15, 0.2) is 5.13 Å². The Morgan fingerprint density at radius 1 is 1.45 bits per heavy atom. The molecule has 3 N–H and O–H groups in total. The van der Waals surface area contributed by atoms with Gasteiger partial charge in [0.25, 0.3) is 0 Å². The fourth-order valence-corrected chi connectivity index (χ4v) is 2.75. The van der Waals surface area contributed by atoms with Gasteiger partial charge in [0, 0.05) is 0 Å². The molecule has 0 amide bonds. The van der Waals surface area contributed by atoms with E-state index in [0.29, 0.717) is 21.5 Å². The molecule has 1 aromatic heterocycles. The topological polar surface area (TPSA) is 91.3 Å². The molecule has 9 heteroatoms. The van der Waals surface area contributed by atoms with Gasteiger partial charge >= 0.3 is 0 Å². The highest BCUT2D eigenvalue weighted by Crippen LogP contribution is 2.31. The zero-order valence-electron chi connectivity index (χ0n) is 10.4. The molecule has 0 aliphatic rings. The smallest absolute Gasteiger partial charge is 0.232 e. The molecule has 6 nitrogen and oxygen atoms in total. The van der Waals surface area contributed by atoms with E-state index in [2.05, 4.69) is 15.0 Å². The van der Waals surface area contributed by atoms with Gasteiger partial charge in [-0.25, -0.2) is 8.42 Å². The number of aromatic hydroxyl groups is 1. The van der Waals surface area contributed by atoms with Gasteiger partial charge in [0.1, 0.15) is 0 Å². The van der Waals surface area contributed by atoms with Crippen LogP contribution in [0.4, 0.5) is 16.5 Å². The highest BCUT2D eigenvalue weighted by atomic mass is 35.5. The van der Waals surface area contributed by atoms with E-state index in [4.69, 9.17) is 11.6 Å². The number of sulfonamides is 1. The van der Waals surface area contributed by atoms with Gasteiger partial charge in [0.2, 0.25) is 15.9 Å². The molecular formula is C11H12ClN3O3S2. The number of nitrogens with one attached hydrogen (secondary N) is 2. The van der Waals surface area contributed by atoms with Gasteiger partial charge in [-0.15, -0.1) is 11.3 Å². The molecule has 2 aromatic rings. The second kappa shape index (κ2) is 5.86. The van der Waals surface area contributed by atoms with Crippen LogP contribution in [0.25, 0.3) is 0 Å². The molecule has 1 heterocycles. The summed E-state index contributed by atoms with van der Waals surface area (Å²) in [4.78, 5) is 3.83. The predicted octanol–water partition coefficient (Wildman–Crippen LogP) is 3.01. The molecule has 0 aliphatic carbocycles. The third-order valence-corrected chi connectivity index (χ3v) is 4.74. The fourth-order valence-electron chi connectivity index (χ4n) is 1.37. The van der Waals surface area contributed by atoms with Crippen molar-refractivity contribution in [3.63, 3.8) is 0 Å². The Hall–Kier alpha value is -1.51. The van der Waals surface area contributed by atoms with Gasteiger partial charge < -0.3 is 10.4 Å². The largest absolute Gasteiger partial charge is 0.493 e. The Morgan fingerprint density at radius 3 is 2.80 bits per heavy atom. The van der Waals surface area contributed by atoms with E-state index in [1.165, 1.54) is 16.7 Å². The zero-order valence-corrected chi connectivity index (χ0v) is 12.8. The second-order valence-electron chi connectivity index (χ2n) is 3.84. The molecule has 0 atom stereocenters. The van der Waals surface area contributed by atoms with E-state index in [-0.39, 0.29) is 11.6 Å². The van der Waals surface area contributed by atoms with E-state index >= 15 is 0 Å². The van der Waals surface area contributed by atoms with Gasteiger partial charge in [-0.2, -0.15) is 4.98 Å². The quantitative estimate of drug-likeness (QED) is 0.782. The summed E-state index contributed by atoms with van der Waals surface area (Å²) in [6.45, 7) is 1.55. The maximum Gasteiger partial charge on any atom is 0.232 e. The molecule has 0 saturated carbocycles. The van der Waals surface area contributed by atoms with Crippen LogP contribution < -0.4 is 10.0 Å². The SMILES string of the molecule is CCS(=O)(=O)Nc1ccc(Cl)c(Nc2nc(O)cs2)c1. The second-order valence-corrected chi connectivity index (χ2v) is 7.11. The molecule has 0 bridgehead atoms.